The second kappa shape index (κ2) is 7.90. The van der Waals surface area contributed by atoms with Crippen molar-refractivity contribution in [3.8, 4) is 0 Å². The Morgan fingerprint density at radius 3 is 2.78 bits per heavy atom. The van der Waals surface area contributed by atoms with Gasteiger partial charge in [-0.15, -0.1) is 0 Å². The number of aromatic nitrogens is 2. The molecule has 170 valence electrons. The molecule has 1 saturated heterocycles. The maximum atomic E-state index is 13.5. The SMILES string of the molecule is O=C(Nc1cncc(F)c1)N1c2nc(C3CCCC(C(F)(F)F)C3)ccc2N2CC[C@H]1C2. The molecule has 2 amide bonds. The van der Waals surface area contributed by atoms with Crippen LogP contribution in [0.15, 0.2) is 30.6 Å². The average molecular weight is 449 g/mol. The van der Waals surface area contributed by atoms with Gasteiger partial charge in [0.15, 0.2) is 5.82 Å². The molecule has 2 unspecified atom stereocenters. The second-order valence-electron chi connectivity index (χ2n) is 8.76. The van der Waals surface area contributed by atoms with Gasteiger partial charge in [0.2, 0.25) is 0 Å². The molecule has 6 nitrogen and oxygen atoms in total. The van der Waals surface area contributed by atoms with Crippen molar-refractivity contribution in [2.45, 2.75) is 50.2 Å². The quantitative estimate of drug-likeness (QED) is 0.650. The Kier molecular flexibility index (Phi) is 5.17. The van der Waals surface area contributed by atoms with Crippen LogP contribution in [0.5, 0.6) is 0 Å². The zero-order chi connectivity index (χ0) is 22.5. The van der Waals surface area contributed by atoms with Crippen LogP contribution >= 0.6 is 0 Å². The van der Waals surface area contributed by atoms with Crippen molar-refractivity contribution in [2.75, 3.05) is 28.2 Å². The van der Waals surface area contributed by atoms with E-state index in [9.17, 15) is 22.4 Å². The molecular weight excluding hydrogens is 426 g/mol. The minimum atomic E-state index is -4.21. The van der Waals surface area contributed by atoms with Gasteiger partial charge in [-0.05, 0) is 37.8 Å². The molecule has 5 rings (SSSR count). The molecule has 2 fully saturated rings. The van der Waals surface area contributed by atoms with Gasteiger partial charge in [-0.25, -0.2) is 14.2 Å². The van der Waals surface area contributed by atoms with Crippen molar-refractivity contribution in [2.24, 2.45) is 5.92 Å². The Morgan fingerprint density at radius 1 is 1.16 bits per heavy atom. The molecule has 10 heteroatoms. The minimum absolute atomic E-state index is 0.0174. The number of rotatable bonds is 2. The molecule has 2 bridgehead atoms. The predicted molar refractivity (Wildman–Crippen MR) is 111 cm³/mol. The summed E-state index contributed by atoms with van der Waals surface area (Å²) in [5, 5.41) is 2.68. The Bertz CT molecular complexity index is 1030. The van der Waals surface area contributed by atoms with E-state index in [0.29, 0.717) is 30.9 Å². The molecule has 2 aromatic heterocycles. The summed E-state index contributed by atoms with van der Waals surface area (Å²) in [5.41, 5.74) is 1.61. The van der Waals surface area contributed by atoms with E-state index in [-0.39, 0.29) is 30.5 Å². The van der Waals surface area contributed by atoms with Crippen molar-refractivity contribution in [1.82, 2.24) is 9.97 Å². The Balaban J connectivity index is 1.45. The normalized spacial score (nSPS) is 24.9. The van der Waals surface area contributed by atoms with Crippen LogP contribution in [0.2, 0.25) is 0 Å². The van der Waals surface area contributed by atoms with Gasteiger partial charge in [0, 0.05) is 30.8 Å². The zero-order valence-corrected chi connectivity index (χ0v) is 17.3. The number of amides is 2. The number of halogens is 4. The highest BCUT2D eigenvalue weighted by Crippen LogP contribution is 2.45. The lowest BCUT2D eigenvalue weighted by Gasteiger charge is -2.37. The highest BCUT2D eigenvalue weighted by molar-refractivity contribution is 6.04. The molecule has 3 atom stereocenters. The molecule has 1 N–H and O–H groups in total. The third-order valence-electron chi connectivity index (χ3n) is 6.70. The van der Waals surface area contributed by atoms with Crippen LogP contribution in [0.25, 0.3) is 0 Å². The first-order valence-corrected chi connectivity index (χ1v) is 10.8. The number of carbonyl (C=O) groups excluding carboxylic acids is 1. The van der Waals surface area contributed by atoms with E-state index in [1.165, 1.54) is 12.3 Å². The monoisotopic (exact) mass is 449 g/mol. The third kappa shape index (κ3) is 3.86. The predicted octanol–water partition coefficient (Wildman–Crippen LogP) is 5.08. The number of urea groups is 1. The topological polar surface area (TPSA) is 61.4 Å². The van der Waals surface area contributed by atoms with E-state index < -0.39 is 23.9 Å². The lowest BCUT2D eigenvalue weighted by atomic mass is 9.79. The number of nitrogens with zero attached hydrogens (tertiary/aromatic N) is 4. The number of alkyl halides is 3. The average Bonchev–Trinajstić information content (AvgIpc) is 3.17. The molecule has 4 heterocycles. The molecule has 1 saturated carbocycles. The van der Waals surface area contributed by atoms with E-state index in [1.54, 1.807) is 11.0 Å². The highest BCUT2D eigenvalue weighted by atomic mass is 19.4. The molecule has 1 aliphatic carbocycles. The minimum Gasteiger partial charge on any atom is -0.366 e. The van der Waals surface area contributed by atoms with Crippen molar-refractivity contribution in [3.05, 3.63) is 42.1 Å². The van der Waals surface area contributed by atoms with Crippen LogP contribution in [0.3, 0.4) is 0 Å². The van der Waals surface area contributed by atoms with Gasteiger partial charge in [-0.1, -0.05) is 6.42 Å². The number of pyridine rings is 2. The fraction of sp³-hybridized carbons (Fsp3) is 0.500. The Labute approximate surface area is 182 Å². The highest BCUT2D eigenvalue weighted by Gasteiger charge is 2.44. The van der Waals surface area contributed by atoms with Crippen LogP contribution in [0, 0.1) is 11.7 Å². The number of hydrogen-bond donors (Lipinski definition) is 1. The molecule has 0 radical (unpaired) electrons. The van der Waals surface area contributed by atoms with Gasteiger partial charge in [0.1, 0.15) is 5.82 Å². The number of anilines is 3. The summed E-state index contributed by atoms with van der Waals surface area (Å²) >= 11 is 0. The van der Waals surface area contributed by atoms with Crippen molar-refractivity contribution < 1.29 is 22.4 Å². The van der Waals surface area contributed by atoms with Crippen molar-refractivity contribution in [3.63, 3.8) is 0 Å². The van der Waals surface area contributed by atoms with Crippen LogP contribution in [0.1, 0.15) is 43.7 Å². The van der Waals surface area contributed by atoms with Gasteiger partial charge in [-0.3, -0.25) is 9.88 Å². The maximum absolute atomic E-state index is 13.5. The van der Waals surface area contributed by atoms with Gasteiger partial charge in [-0.2, -0.15) is 13.2 Å². The van der Waals surface area contributed by atoms with Crippen LogP contribution < -0.4 is 15.1 Å². The van der Waals surface area contributed by atoms with E-state index in [0.717, 1.165) is 24.8 Å². The fourth-order valence-corrected chi connectivity index (χ4v) is 5.13. The molecule has 0 spiro atoms. The number of fused-ring (bicyclic) bond motifs is 4. The summed E-state index contributed by atoms with van der Waals surface area (Å²) < 4.78 is 53.4. The first kappa shape index (κ1) is 21.0. The van der Waals surface area contributed by atoms with Gasteiger partial charge >= 0.3 is 12.2 Å². The largest absolute Gasteiger partial charge is 0.391 e. The Morgan fingerprint density at radius 2 is 2.00 bits per heavy atom. The van der Waals surface area contributed by atoms with Crippen molar-refractivity contribution >= 4 is 23.2 Å². The van der Waals surface area contributed by atoms with Gasteiger partial charge in [0.05, 0.1) is 35.7 Å². The molecular formula is C22H23F4N5O. The standard InChI is InChI=1S/C22H23F4N5O/c23-15-9-16(11-27-10-15)28-21(32)31-17-6-7-30(12-17)19-5-4-18(29-20(19)31)13-2-1-3-14(8-13)22(24,25)26/h4-5,9-11,13-14,17H,1-3,6-8,12H2,(H,28,32)/t13?,14?,17-/m0/s1. The fourth-order valence-electron chi connectivity index (χ4n) is 5.13. The second-order valence-corrected chi connectivity index (χ2v) is 8.76. The van der Waals surface area contributed by atoms with Crippen LogP contribution in [0.4, 0.5) is 39.5 Å². The van der Waals surface area contributed by atoms with Gasteiger partial charge in [0.25, 0.3) is 0 Å². The van der Waals surface area contributed by atoms with E-state index in [4.69, 9.17) is 4.98 Å². The number of nitrogens with one attached hydrogen (secondary N) is 1. The summed E-state index contributed by atoms with van der Waals surface area (Å²) in [6, 6.07) is 4.28. The van der Waals surface area contributed by atoms with Crippen molar-refractivity contribution in [1.29, 1.82) is 0 Å². The third-order valence-corrected chi connectivity index (χ3v) is 6.70. The summed E-state index contributed by atoms with van der Waals surface area (Å²) in [7, 11) is 0. The molecule has 2 aromatic rings. The first-order valence-electron chi connectivity index (χ1n) is 10.8. The first-order chi connectivity index (χ1) is 15.3. The van der Waals surface area contributed by atoms with Crippen LogP contribution in [-0.2, 0) is 0 Å². The lowest BCUT2D eigenvalue weighted by molar-refractivity contribution is -0.183. The Hall–Kier alpha value is -2.91. The summed E-state index contributed by atoms with van der Waals surface area (Å²) in [6.07, 6.45) is 0.262. The molecule has 2 aliphatic heterocycles. The zero-order valence-electron chi connectivity index (χ0n) is 17.3. The van der Waals surface area contributed by atoms with Crippen LogP contribution in [-0.4, -0.2) is 41.3 Å². The molecule has 0 aromatic carbocycles. The number of hydrogen-bond acceptors (Lipinski definition) is 4. The molecule has 32 heavy (non-hydrogen) atoms. The summed E-state index contributed by atoms with van der Waals surface area (Å²) in [5.74, 6) is -1.73. The molecule has 3 aliphatic rings. The maximum Gasteiger partial charge on any atom is 0.391 e. The summed E-state index contributed by atoms with van der Waals surface area (Å²) in [4.78, 5) is 25.3. The lowest BCUT2D eigenvalue weighted by Crippen LogP contribution is -2.48. The van der Waals surface area contributed by atoms with Gasteiger partial charge < -0.3 is 10.2 Å². The smallest absolute Gasteiger partial charge is 0.366 e. The van der Waals surface area contributed by atoms with E-state index >= 15 is 0 Å². The van der Waals surface area contributed by atoms with E-state index in [1.807, 2.05) is 6.07 Å². The van der Waals surface area contributed by atoms with E-state index in [2.05, 4.69) is 15.2 Å². The number of carbonyl (C=O) groups is 1. The summed E-state index contributed by atoms with van der Waals surface area (Å²) in [6.45, 7) is 1.42.